The van der Waals surface area contributed by atoms with Crippen LogP contribution < -0.4 is 0 Å². The zero-order valence-corrected chi connectivity index (χ0v) is 6.96. The molecule has 0 radical (unpaired) electrons. The van der Waals surface area contributed by atoms with Crippen LogP contribution >= 0.6 is 45.8 Å². The van der Waals surface area contributed by atoms with Crippen molar-refractivity contribution in [1.29, 1.82) is 0 Å². The molecule has 0 N–H and O–H groups in total. The molecule has 0 spiro atoms. The molecule has 0 aromatic rings. The highest BCUT2D eigenvalue weighted by molar-refractivity contribution is 14.1. The fourth-order valence-corrected chi connectivity index (χ4v) is 0. The maximum absolute atomic E-state index is 5.47. The Hall–Kier alpha value is 1.31. The monoisotopic (exact) mass is 238 g/mol. The first kappa shape index (κ1) is 7.31. The zero-order chi connectivity index (χ0) is 5.15. The van der Waals surface area contributed by atoms with Gasteiger partial charge in [0.25, 0.3) is 0 Å². The van der Waals surface area contributed by atoms with Crippen LogP contribution in [0.4, 0.5) is 0 Å². The molecular weight excluding hydrogens is 234 g/mol. The molecule has 0 aliphatic carbocycles. The van der Waals surface area contributed by atoms with E-state index in [0.29, 0.717) is 0 Å². The first-order valence-electron chi connectivity index (χ1n) is 1.57. The van der Waals surface area contributed by atoms with Crippen molar-refractivity contribution in [2.75, 3.05) is 0 Å². The van der Waals surface area contributed by atoms with Crippen molar-refractivity contribution in [3.05, 3.63) is 0 Å². The average Bonchev–Trinajstić information content (AvgIpc) is 1.36. The van der Waals surface area contributed by atoms with Crippen LogP contribution in [0.1, 0.15) is 6.92 Å². The zero-order valence-electron chi connectivity index (χ0n) is 3.29. The standard InChI is InChI=1S/C3H5Cl2I/c1-2(4)3(5)6/h2-3H,1H3. The van der Waals surface area contributed by atoms with Crippen molar-refractivity contribution in [2.45, 2.75) is 15.7 Å². The molecule has 38 valence electrons. The fourth-order valence-electron chi connectivity index (χ4n) is 0. The number of hydrogen-bond donors (Lipinski definition) is 0. The highest BCUT2D eigenvalue weighted by Crippen LogP contribution is 2.14. The van der Waals surface area contributed by atoms with E-state index in [-0.39, 0.29) is 8.76 Å². The van der Waals surface area contributed by atoms with Gasteiger partial charge in [-0.15, -0.1) is 23.2 Å². The second kappa shape index (κ2) is 3.33. The normalized spacial score (nSPS) is 20.0. The Morgan fingerprint density at radius 3 is 1.67 bits per heavy atom. The van der Waals surface area contributed by atoms with Gasteiger partial charge in [-0.05, 0) is 6.92 Å². The first-order chi connectivity index (χ1) is 2.64. The lowest BCUT2D eigenvalue weighted by atomic mass is 10.6. The highest BCUT2D eigenvalue weighted by Gasteiger charge is 2.03. The van der Waals surface area contributed by atoms with Crippen LogP contribution in [0, 0.1) is 0 Å². The molecule has 0 rings (SSSR count). The van der Waals surface area contributed by atoms with Gasteiger partial charge in [-0.3, -0.25) is 0 Å². The topological polar surface area (TPSA) is 0 Å². The summed E-state index contributed by atoms with van der Waals surface area (Å²) in [4.78, 5) is 0. The van der Waals surface area contributed by atoms with E-state index < -0.39 is 0 Å². The predicted molar refractivity (Wildman–Crippen MR) is 39.0 cm³/mol. The quantitative estimate of drug-likeness (QED) is 0.487. The van der Waals surface area contributed by atoms with Gasteiger partial charge < -0.3 is 0 Å². The molecule has 2 atom stereocenters. The summed E-state index contributed by atoms with van der Waals surface area (Å²) >= 11 is 13.0. The van der Waals surface area contributed by atoms with Crippen LogP contribution in [0.15, 0.2) is 0 Å². The summed E-state index contributed by atoms with van der Waals surface area (Å²) in [5, 5.41) is 0.0762. The summed E-state index contributed by atoms with van der Waals surface area (Å²) in [7, 11) is 0. The molecule has 0 aromatic heterocycles. The molecule has 0 aliphatic rings. The van der Waals surface area contributed by atoms with Crippen molar-refractivity contribution in [3.8, 4) is 0 Å². The minimum atomic E-state index is 0.0595. The van der Waals surface area contributed by atoms with Gasteiger partial charge in [0.2, 0.25) is 0 Å². The molecule has 0 amide bonds. The summed E-state index contributed by atoms with van der Waals surface area (Å²) in [5.74, 6) is 0. The van der Waals surface area contributed by atoms with Crippen molar-refractivity contribution >= 4 is 45.8 Å². The molecule has 0 bridgehead atoms. The second-order valence-corrected chi connectivity index (χ2v) is 4.25. The summed E-state index contributed by atoms with van der Waals surface area (Å²) in [6, 6.07) is 0. The van der Waals surface area contributed by atoms with Crippen molar-refractivity contribution in [2.24, 2.45) is 0 Å². The predicted octanol–water partition coefficient (Wildman–Crippen LogP) is 2.61. The second-order valence-electron chi connectivity index (χ2n) is 1.01. The number of hydrogen-bond acceptors (Lipinski definition) is 0. The van der Waals surface area contributed by atoms with Crippen molar-refractivity contribution < 1.29 is 0 Å². The summed E-state index contributed by atoms with van der Waals surface area (Å²) in [6.07, 6.45) is 0. The number of halogens is 3. The van der Waals surface area contributed by atoms with Crippen LogP contribution in [0.3, 0.4) is 0 Å². The van der Waals surface area contributed by atoms with E-state index in [4.69, 9.17) is 23.2 Å². The van der Waals surface area contributed by atoms with E-state index in [1.54, 1.807) is 0 Å². The minimum Gasteiger partial charge on any atom is -0.121 e. The Labute approximate surface area is 61.3 Å². The fraction of sp³-hybridized carbons (Fsp3) is 1.00. The van der Waals surface area contributed by atoms with Gasteiger partial charge in [0.05, 0.1) is 5.38 Å². The van der Waals surface area contributed by atoms with E-state index in [2.05, 4.69) is 22.6 Å². The van der Waals surface area contributed by atoms with Crippen molar-refractivity contribution in [1.82, 2.24) is 0 Å². The smallest absolute Gasteiger partial charge is 0.101 e. The minimum absolute atomic E-state index is 0.0595. The molecule has 0 aromatic carbocycles. The Bertz CT molecular complexity index is 29.8. The summed E-state index contributed by atoms with van der Waals surface area (Å²) in [5.41, 5.74) is 0. The van der Waals surface area contributed by atoms with E-state index in [1.807, 2.05) is 6.92 Å². The van der Waals surface area contributed by atoms with E-state index in [1.165, 1.54) is 0 Å². The van der Waals surface area contributed by atoms with Gasteiger partial charge in [0.15, 0.2) is 0 Å². The number of rotatable bonds is 1. The Morgan fingerprint density at radius 1 is 1.50 bits per heavy atom. The molecule has 2 unspecified atom stereocenters. The lowest BCUT2D eigenvalue weighted by Gasteiger charge is -1.98. The third kappa shape index (κ3) is 3.50. The number of alkyl halides is 3. The lowest BCUT2D eigenvalue weighted by molar-refractivity contribution is 1.08. The molecule has 0 aliphatic heterocycles. The van der Waals surface area contributed by atoms with Gasteiger partial charge in [0.1, 0.15) is 3.38 Å². The SMILES string of the molecule is CC(Cl)C(Cl)I. The third-order valence-electron chi connectivity index (χ3n) is 0.347. The van der Waals surface area contributed by atoms with Gasteiger partial charge in [0, 0.05) is 0 Å². The van der Waals surface area contributed by atoms with Gasteiger partial charge in [-0.2, -0.15) is 0 Å². The van der Waals surface area contributed by atoms with Gasteiger partial charge in [-0.25, -0.2) is 0 Å². The van der Waals surface area contributed by atoms with Crippen molar-refractivity contribution in [3.63, 3.8) is 0 Å². The lowest BCUT2D eigenvalue weighted by Crippen LogP contribution is -1.99. The van der Waals surface area contributed by atoms with Crippen LogP contribution in [-0.2, 0) is 0 Å². The van der Waals surface area contributed by atoms with Crippen LogP contribution in [-0.4, -0.2) is 8.76 Å². The van der Waals surface area contributed by atoms with Crippen LogP contribution in [0.5, 0.6) is 0 Å². The Morgan fingerprint density at radius 2 is 1.67 bits per heavy atom. The molecule has 0 saturated carbocycles. The van der Waals surface area contributed by atoms with E-state index in [0.717, 1.165) is 0 Å². The Balaban J connectivity index is 2.99. The maximum Gasteiger partial charge on any atom is 0.101 e. The molecular formula is C3H5Cl2I. The Kier molecular flexibility index (Phi) is 4.06. The largest absolute Gasteiger partial charge is 0.121 e. The molecule has 0 saturated heterocycles. The molecule has 0 nitrogen and oxygen atoms in total. The molecule has 6 heavy (non-hydrogen) atoms. The van der Waals surface area contributed by atoms with E-state index in [9.17, 15) is 0 Å². The summed E-state index contributed by atoms with van der Waals surface area (Å²) in [6.45, 7) is 1.87. The average molecular weight is 239 g/mol. The molecule has 0 heterocycles. The highest BCUT2D eigenvalue weighted by atomic mass is 127. The van der Waals surface area contributed by atoms with Gasteiger partial charge >= 0.3 is 0 Å². The summed E-state index contributed by atoms with van der Waals surface area (Å²) < 4.78 is 0.0595. The third-order valence-corrected chi connectivity index (χ3v) is 2.61. The van der Waals surface area contributed by atoms with Crippen LogP contribution in [0.2, 0.25) is 0 Å². The van der Waals surface area contributed by atoms with E-state index >= 15 is 0 Å². The first-order valence-corrected chi connectivity index (χ1v) is 3.68. The maximum atomic E-state index is 5.47. The molecule has 0 fully saturated rings. The van der Waals surface area contributed by atoms with Gasteiger partial charge in [-0.1, -0.05) is 22.6 Å². The molecule has 3 heteroatoms. The van der Waals surface area contributed by atoms with Crippen LogP contribution in [0.25, 0.3) is 0 Å².